The maximum absolute atomic E-state index is 11.5. The van der Waals surface area contributed by atoms with Crippen LogP contribution in [0, 0.1) is 17.2 Å². The Hall–Kier alpha value is -2.95. The summed E-state index contributed by atoms with van der Waals surface area (Å²) >= 11 is 0. The zero-order chi connectivity index (χ0) is 24.6. The highest BCUT2D eigenvalue weighted by Gasteiger charge is 2.28. The van der Waals surface area contributed by atoms with Gasteiger partial charge < -0.3 is 19.9 Å². The molecular formula is C27H35N3O4. The maximum atomic E-state index is 11.5. The molecule has 1 atom stereocenters. The smallest absolute Gasteiger partial charge is 0.306 e. The lowest BCUT2D eigenvalue weighted by Gasteiger charge is -2.30. The summed E-state index contributed by atoms with van der Waals surface area (Å²) in [7, 11) is 0. The Balaban J connectivity index is 1.43. The fourth-order valence-electron chi connectivity index (χ4n) is 4.51. The molecule has 0 radical (unpaired) electrons. The lowest BCUT2D eigenvalue weighted by Crippen LogP contribution is -2.46. The summed E-state index contributed by atoms with van der Waals surface area (Å²) in [6, 6.07) is 14.1. The third kappa shape index (κ3) is 7.54. The molecule has 7 heteroatoms. The molecule has 1 aliphatic carbocycles. The van der Waals surface area contributed by atoms with E-state index < -0.39 is 6.10 Å². The summed E-state index contributed by atoms with van der Waals surface area (Å²) in [5.41, 5.74) is 3.54. The van der Waals surface area contributed by atoms with Crippen molar-refractivity contribution >= 4 is 5.97 Å². The van der Waals surface area contributed by atoms with Crippen LogP contribution in [-0.2, 0) is 28.8 Å². The van der Waals surface area contributed by atoms with Crippen LogP contribution in [0.1, 0.15) is 56.1 Å². The first kappa shape index (κ1) is 25.7. The van der Waals surface area contributed by atoms with Gasteiger partial charge in [0.15, 0.2) is 11.4 Å². The van der Waals surface area contributed by atoms with Gasteiger partial charge in [0.2, 0.25) is 0 Å². The van der Waals surface area contributed by atoms with Gasteiger partial charge in [-0.25, -0.2) is 4.98 Å². The molecule has 0 bridgehead atoms. The standard InChI is InChI=1S/C27H35N3O4/c1-4-33-26(32)12-10-22-9-11-25(24(16-28)30-22)34-18-23(31)17-29-27(2,3)15-19-13-20-7-5-6-8-21(20)14-19/h5-9,11,19,23,29,31H,4,10,12-15,17-18H2,1-3H3/t23-/m1/s1. The molecule has 0 amide bonds. The van der Waals surface area contributed by atoms with Crippen LogP contribution in [0.15, 0.2) is 36.4 Å². The summed E-state index contributed by atoms with van der Waals surface area (Å²) in [5.74, 6) is 0.628. The van der Waals surface area contributed by atoms with E-state index in [1.165, 1.54) is 11.1 Å². The van der Waals surface area contributed by atoms with Crippen LogP contribution >= 0.6 is 0 Å². The van der Waals surface area contributed by atoms with Gasteiger partial charge in [-0.15, -0.1) is 0 Å². The number of ether oxygens (including phenoxy) is 2. The molecule has 0 saturated carbocycles. The van der Waals surface area contributed by atoms with E-state index in [4.69, 9.17) is 9.47 Å². The second kappa shape index (κ2) is 12.0. The van der Waals surface area contributed by atoms with Gasteiger partial charge in [0.1, 0.15) is 18.8 Å². The molecule has 0 aliphatic heterocycles. The number of rotatable bonds is 12. The van der Waals surface area contributed by atoms with Crippen molar-refractivity contribution < 1.29 is 19.4 Å². The number of nitrogens with one attached hydrogen (secondary N) is 1. The predicted molar refractivity (Wildman–Crippen MR) is 129 cm³/mol. The van der Waals surface area contributed by atoms with Gasteiger partial charge in [-0.1, -0.05) is 24.3 Å². The molecular weight excluding hydrogens is 430 g/mol. The number of aliphatic hydroxyl groups excluding tert-OH is 1. The minimum absolute atomic E-state index is 0.0521. The van der Waals surface area contributed by atoms with Gasteiger partial charge in [0.25, 0.3) is 0 Å². The number of carbonyl (C=O) groups excluding carboxylic acids is 1. The molecule has 182 valence electrons. The minimum atomic E-state index is -0.727. The molecule has 0 unspecified atom stereocenters. The highest BCUT2D eigenvalue weighted by Crippen LogP contribution is 2.31. The molecule has 0 spiro atoms. The van der Waals surface area contributed by atoms with Crippen molar-refractivity contribution in [1.82, 2.24) is 10.3 Å². The Kier molecular flexibility index (Phi) is 9.03. The van der Waals surface area contributed by atoms with Gasteiger partial charge in [-0.05, 0) is 69.2 Å². The van der Waals surface area contributed by atoms with E-state index >= 15 is 0 Å². The van der Waals surface area contributed by atoms with Crippen molar-refractivity contribution in [3.05, 3.63) is 58.9 Å². The number of nitrogens with zero attached hydrogens (tertiary/aromatic N) is 2. The van der Waals surface area contributed by atoms with Gasteiger partial charge in [-0.3, -0.25) is 4.79 Å². The fourth-order valence-corrected chi connectivity index (χ4v) is 4.51. The van der Waals surface area contributed by atoms with Crippen molar-refractivity contribution in [3.8, 4) is 11.8 Å². The molecule has 2 N–H and O–H groups in total. The van der Waals surface area contributed by atoms with Crippen LogP contribution in [0.25, 0.3) is 0 Å². The van der Waals surface area contributed by atoms with E-state index in [-0.39, 0.29) is 30.2 Å². The summed E-state index contributed by atoms with van der Waals surface area (Å²) < 4.78 is 10.6. The van der Waals surface area contributed by atoms with E-state index in [9.17, 15) is 15.2 Å². The molecule has 0 fully saturated rings. The number of β-amino-alcohol motifs (C(OH)–C–C–N with tert-alkyl or cyclic N) is 1. The first-order chi connectivity index (χ1) is 16.3. The fraction of sp³-hybridized carbons (Fsp3) is 0.519. The summed E-state index contributed by atoms with van der Waals surface area (Å²) in [5, 5.41) is 23.3. The van der Waals surface area contributed by atoms with Crippen LogP contribution in [0.3, 0.4) is 0 Å². The van der Waals surface area contributed by atoms with Crippen molar-refractivity contribution in [2.75, 3.05) is 19.8 Å². The number of esters is 1. The van der Waals surface area contributed by atoms with E-state index in [0.29, 0.717) is 36.9 Å². The lowest BCUT2D eigenvalue weighted by molar-refractivity contribution is -0.143. The Morgan fingerprint density at radius 1 is 1.26 bits per heavy atom. The zero-order valence-corrected chi connectivity index (χ0v) is 20.3. The molecule has 2 aromatic rings. The Labute approximate surface area is 202 Å². The summed E-state index contributed by atoms with van der Waals surface area (Å²) in [4.78, 5) is 15.8. The first-order valence-electron chi connectivity index (χ1n) is 12.0. The van der Waals surface area contributed by atoms with E-state index in [1.807, 2.05) is 6.07 Å². The molecule has 0 saturated heterocycles. The Morgan fingerprint density at radius 3 is 2.62 bits per heavy atom. The zero-order valence-electron chi connectivity index (χ0n) is 20.3. The quantitative estimate of drug-likeness (QED) is 0.463. The maximum Gasteiger partial charge on any atom is 0.306 e. The van der Waals surface area contributed by atoms with Gasteiger partial charge >= 0.3 is 5.97 Å². The second-order valence-corrected chi connectivity index (χ2v) is 9.54. The molecule has 3 rings (SSSR count). The largest absolute Gasteiger partial charge is 0.488 e. The minimum Gasteiger partial charge on any atom is -0.488 e. The third-order valence-corrected chi connectivity index (χ3v) is 6.09. The molecule has 1 aliphatic rings. The van der Waals surface area contributed by atoms with Crippen LogP contribution in [0.5, 0.6) is 5.75 Å². The number of nitriles is 1. The summed E-state index contributed by atoms with van der Waals surface area (Å²) in [6.07, 6.45) is 3.10. The van der Waals surface area contributed by atoms with Crippen molar-refractivity contribution in [3.63, 3.8) is 0 Å². The Bertz CT molecular complexity index is 990. The lowest BCUT2D eigenvalue weighted by atomic mass is 9.88. The predicted octanol–water partition coefficient (Wildman–Crippen LogP) is 3.36. The number of carbonyl (C=O) groups is 1. The highest BCUT2D eigenvalue weighted by molar-refractivity contribution is 5.69. The SMILES string of the molecule is CCOC(=O)CCc1ccc(OC[C@H](O)CNC(C)(C)CC2Cc3ccccc3C2)c(C#N)n1. The number of aromatic nitrogens is 1. The molecule has 1 aromatic carbocycles. The highest BCUT2D eigenvalue weighted by atomic mass is 16.5. The van der Waals surface area contributed by atoms with Crippen molar-refractivity contribution in [1.29, 1.82) is 5.26 Å². The average Bonchev–Trinajstić information content (AvgIpc) is 3.22. The molecule has 1 aromatic heterocycles. The number of aryl methyl sites for hydroxylation is 1. The molecule has 1 heterocycles. The number of hydrogen-bond donors (Lipinski definition) is 2. The van der Waals surface area contributed by atoms with Crippen LogP contribution in [-0.4, -0.2) is 47.5 Å². The molecule has 34 heavy (non-hydrogen) atoms. The average molecular weight is 466 g/mol. The monoisotopic (exact) mass is 465 g/mol. The van der Waals surface area contributed by atoms with Crippen LogP contribution < -0.4 is 10.1 Å². The number of hydrogen-bond acceptors (Lipinski definition) is 7. The van der Waals surface area contributed by atoms with Gasteiger partial charge in [0.05, 0.1) is 13.0 Å². The number of fused-ring (bicyclic) bond motifs is 1. The van der Waals surface area contributed by atoms with Crippen LogP contribution in [0.2, 0.25) is 0 Å². The van der Waals surface area contributed by atoms with E-state index in [1.54, 1.807) is 19.1 Å². The Morgan fingerprint density at radius 2 is 1.97 bits per heavy atom. The van der Waals surface area contributed by atoms with Crippen molar-refractivity contribution in [2.24, 2.45) is 5.92 Å². The van der Waals surface area contributed by atoms with E-state index in [2.05, 4.69) is 48.4 Å². The number of aliphatic hydroxyl groups is 1. The van der Waals surface area contributed by atoms with Crippen molar-refractivity contribution in [2.45, 2.75) is 64.5 Å². The molecule has 7 nitrogen and oxygen atoms in total. The topological polar surface area (TPSA) is 104 Å². The second-order valence-electron chi connectivity index (χ2n) is 9.54. The van der Waals surface area contributed by atoms with Gasteiger partial charge in [-0.2, -0.15) is 5.26 Å². The third-order valence-electron chi connectivity index (χ3n) is 6.09. The van der Waals surface area contributed by atoms with E-state index in [0.717, 1.165) is 19.3 Å². The van der Waals surface area contributed by atoms with Crippen LogP contribution in [0.4, 0.5) is 0 Å². The van der Waals surface area contributed by atoms with Gasteiger partial charge in [0, 0.05) is 24.2 Å². The first-order valence-corrected chi connectivity index (χ1v) is 12.0. The number of pyridine rings is 1. The normalized spacial score (nSPS) is 14.3. The number of benzene rings is 1. The summed E-state index contributed by atoms with van der Waals surface area (Å²) in [6.45, 7) is 6.87.